The molecule has 2 unspecified atom stereocenters. The molecular weight excluding hydrogens is 464 g/mol. The van der Waals surface area contributed by atoms with Crippen LogP contribution in [0.2, 0.25) is 0 Å². The van der Waals surface area contributed by atoms with E-state index in [0.29, 0.717) is 25.1 Å². The molecule has 0 radical (unpaired) electrons. The molecule has 192 valence electrons. The van der Waals surface area contributed by atoms with E-state index < -0.39 is 22.6 Å². The summed E-state index contributed by atoms with van der Waals surface area (Å²) in [6.45, 7) is 8.53. The van der Waals surface area contributed by atoms with Gasteiger partial charge in [0.1, 0.15) is 6.04 Å². The number of anilines is 2. The summed E-state index contributed by atoms with van der Waals surface area (Å²) in [5.41, 5.74) is 1.79. The summed E-state index contributed by atoms with van der Waals surface area (Å²) in [6.07, 6.45) is 2.70. The van der Waals surface area contributed by atoms with Crippen molar-refractivity contribution in [1.29, 1.82) is 0 Å². The van der Waals surface area contributed by atoms with Crippen LogP contribution in [0.3, 0.4) is 0 Å². The van der Waals surface area contributed by atoms with Gasteiger partial charge in [-0.3, -0.25) is 14.4 Å². The summed E-state index contributed by atoms with van der Waals surface area (Å²) >= 11 is 1.67. The number of carbonyl (C=O) groups is 3. The summed E-state index contributed by atoms with van der Waals surface area (Å²) in [7, 11) is 1.61. The number of nitrogens with one attached hydrogen (secondary N) is 2. The Kier molecular flexibility index (Phi) is 7.38. The zero-order valence-electron chi connectivity index (χ0n) is 21.2. The Bertz CT molecular complexity index is 969. The van der Waals surface area contributed by atoms with E-state index in [1.54, 1.807) is 23.7 Å². The minimum atomic E-state index is -0.650. The van der Waals surface area contributed by atoms with Crippen molar-refractivity contribution in [3.8, 4) is 0 Å². The summed E-state index contributed by atoms with van der Waals surface area (Å²) in [6, 6.07) is 7.16. The number of hydrogen-bond donors (Lipinski definition) is 3. The van der Waals surface area contributed by atoms with Gasteiger partial charge in [0.15, 0.2) is 0 Å². The number of amides is 3. The number of aliphatic hydroxyl groups excluding tert-OH is 1. The molecule has 1 aromatic carbocycles. The second-order valence-corrected chi connectivity index (χ2v) is 11.9. The lowest BCUT2D eigenvalue weighted by Gasteiger charge is -2.34. The molecule has 4 rings (SSSR count). The minimum Gasteiger partial charge on any atom is -0.396 e. The van der Waals surface area contributed by atoms with Crippen molar-refractivity contribution in [3.05, 3.63) is 24.3 Å². The standard InChI is InChI=1S/C26H38N4O4S/c1-5-29(6-2)18-11-9-17(10-12-18)28-23(33)21-26-14-13-25(3,35-26)19(22(32)27-4)20(26)24(34)30(21)15-7-8-16-31/h9-12,19-21,31H,5-8,13-16H2,1-4H3,(H,27,32)(H,28,33)/t19-,20+,21?,25+,26?/m1/s1. The Morgan fingerprint density at radius 2 is 1.83 bits per heavy atom. The average molecular weight is 503 g/mol. The first-order chi connectivity index (χ1) is 16.8. The van der Waals surface area contributed by atoms with Crippen molar-refractivity contribution in [2.75, 3.05) is 43.5 Å². The van der Waals surface area contributed by atoms with Crippen molar-refractivity contribution >= 4 is 40.9 Å². The predicted octanol–water partition coefficient (Wildman–Crippen LogP) is 2.47. The molecule has 3 aliphatic heterocycles. The van der Waals surface area contributed by atoms with E-state index in [0.717, 1.165) is 31.6 Å². The molecule has 0 saturated carbocycles. The van der Waals surface area contributed by atoms with Gasteiger partial charge >= 0.3 is 0 Å². The molecule has 3 fully saturated rings. The summed E-state index contributed by atoms with van der Waals surface area (Å²) in [4.78, 5) is 44.5. The highest BCUT2D eigenvalue weighted by molar-refractivity contribution is 8.02. The van der Waals surface area contributed by atoms with Crippen molar-refractivity contribution in [3.63, 3.8) is 0 Å². The SMILES string of the molecule is CCN(CC)c1ccc(NC(=O)C2N(CCCCO)C(=O)[C@@H]3[C@H](C(=O)NC)[C@]4(C)CCC23S4)cc1. The lowest BCUT2D eigenvalue weighted by molar-refractivity contribution is -0.140. The minimum absolute atomic E-state index is 0.0417. The predicted molar refractivity (Wildman–Crippen MR) is 139 cm³/mol. The Morgan fingerprint density at radius 3 is 2.43 bits per heavy atom. The Balaban J connectivity index is 1.64. The maximum absolute atomic E-state index is 13.8. The number of fused-ring (bicyclic) bond motifs is 1. The Hall–Kier alpha value is -2.26. The summed E-state index contributed by atoms with van der Waals surface area (Å²) in [5.74, 6) is -1.39. The van der Waals surface area contributed by atoms with Gasteiger partial charge in [0.05, 0.1) is 16.6 Å². The molecule has 35 heavy (non-hydrogen) atoms. The topological polar surface area (TPSA) is 102 Å². The lowest BCUT2D eigenvalue weighted by Crippen LogP contribution is -2.52. The number of hydrogen-bond acceptors (Lipinski definition) is 6. The van der Waals surface area contributed by atoms with Crippen LogP contribution in [0.25, 0.3) is 0 Å². The highest BCUT2D eigenvalue weighted by Crippen LogP contribution is 2.71. The van der Waals surface area contributed by atoms with Crippen molar-refractivity contribution < 1.29 is 19.5 Å². The lowest BCUT2D eigenvalue weighted by atomic mass is 9.66. The molecule has 5 atom stereocenters. The Labute approximate surface area is 212 Å². The summed E-state index contributed by atoms with van der Waals surface area (Å²) in [5, 5.41) is 15.1. The van der Waals surface area contributed by atoms with Crippen LogP contribution in [0.5, 0.6) is 0 Å². The second kappa shape index (κ2) is 10.0. The number of unbranched alkanes of at least 4 members (excludes halogenated alkanes) is 1. The number of likely N-dealkylation sites (tertiary alicyclic amines) is 1. The molecule has 3 aliphatic rings. The molecule has 9 heteroatoms. The molecule has 8 nitrogen and oxygen atoms in total. The first-order valence-electron chi connectivity index (χ1n) is 12.7. The van der Waals surface area contributed by atoms with Gasteiger partial charge in [-0.25, -0.2) is 0 Å². The second-order valence-electron chi connectivity index (χ2n) is 10.0. The average Bonchev–Trinajstić information content (AvgIpc) is 3.41. The smallest absolute Gasteiger partial charge is 0.248 e. The van der Waals surface area contributed by atoms with E-state index in [-0.39, 0.29) is 29.1 Å². The first kappa shape index (κ1) is 25.8. The quantitative estimate of drug-likeness (QED) is 0.425. The fourth-order valence-corrected chi connectivity index (χ4v) is 8.83. The maximum atomic E-state index is 13.8. The van der Waals surface area contributed by atoms with Gasteiger partial charge in [0.2, 0.25) is 17.7 Å². The highest BCUT2D eigenvalue weighted by Gasteiger charge is 2.76. The largest absolute Gasteiger partial charge is 0.396 e. The molecule has 0 aliphatic carbocycles. The highest BCUT2D eigenvalue weighted by atomic mass is 32.2. The molecule has 3 saturated heterocycles. The van der Waals surface area contributed by atoms with Crippen LogP contribution in [0, 0.1) is 11.8 Å². The van der Waals surface area contributed by atoms with Gasteiger partial charge in [0, 0.05) is 49.4 Å². The third kappa shape index (κ3) is 4.20. The van der Waals surface area contributed by atoms with Gasteiger partial charge in [0.25, 0.3) is 0 Å². The Morgan fingerprint density at radius 1 is 1.14 bits per heavy atom. The van der Waals surface area contributed by atoms with Crippen LogP contribution in [0.1, 0.15) is 46.5 Å². The van der Waals surface area contributed by atoms with Crippen LogP contribution < -0.4 is 15.5 Å². The molecule has 2 bridgehead atoms. The fraction of sp³-hybridized carbons (Fsp3) is 0.654. The number of carbonyl (C=O) groups excluding carboxylic acids is 3. The van der Waals surface area contributed by atoms with Crippen LogP contribution in [-0.4, -0.2) is 76.6 Å². The van der Waals surface area contributed by atoms with Crippen LogP contribution in [-0.2, 0) is 14.4 Å². The zero-order chi connectivity index (χ0) is 25.4. The van der Waals surface area contributed by atoms with Crippen LogP contribution in [0.4, 0.5) is 11.4 Å². The maximum Gasteiger partial charge on any atom is 0.248 e. The zero-order valence-corrected chi connectivity index (χ0v) is 22.0. The van der Waals surface area contributed by atoms with Crippen LogP contribution >= 0.6 is 11.8 Å². The van der Waals surface area contributed by atoms with E-state index in [9.17, 15) is 19.5 Å². The molecule has 1 spiro atoms. The van der Waals surface area contributed by atoms with Gasteiger partial charge < -0.3 is 25.5 Å². The first-order valence-corrected chi connectivity index (χ1v) is 13.6. The van der Waals surface area contributed by atoms with E-state index in [2.05, 4.69) is 36.3 Å². The van der Waals surface area contributed by atoms with E-state index in [4.69, 9.17) is 0 Å². The number of aliphatic hydroxyl groups is 1. The van der Waals surface area contributed by atoms with Gasteiger partial charge in [-0.05, 0) is 70.7 Å². The molecule has 0 aromatic heterocycles. The van der Waals surface area contributed by atoms with Crippen molar-refractivity contribution in [2.24, 2.45) is 11.8 Å². The van der Waals surface area contributed by atoms with E-state index >= 15 is 0 Å². The van der Waals surface area contributed by atoms with E-state index in [1.165, 1.54) is 0 Å². The molecule has 3 N–H and O–H groups in total. The number of rotatable bonds is 10. The van der Waals surface area contributed by atoms with Crippen LogP contribution in [0.15, 0.2) is 24.3 Å². The van der Waals surface area contributed by atoms with Crippen molar-refractivity contribution in [1.82, 2.24) is 10.2 Å². The van der Waals surface area contributed by atoms with Crippen molar-refractivity contribution in [2.45, 2.75) is 62.0 Å². The molecular formula is C26H38N4O4S. The number of nitrogens with zero attached hydrogens (tertiary/aromatic N) is 2. The fourth-order valence-electron chi connectivity index (χ4n) is 6.47. The third-order valence-electron chi connectivity index (χ3n) is 8.12. The van der Waals surface area contributed by atoms with Gasteiger partial charge in [-0.2, -0.15) is 0 Å². The van der Waals surface area contributed by atoms with Gasteiger partial charge in [-0.15, -0.1) is 11.8 Å². The number of benzene rings is 1. The monoisotopic (exact) mass is 502 g/mol. The summed E-state index contributed by atoms with van der Waals surface area (Å²) < 4.78 is -0.977. The molecule has 1 aromatic rings. The molecule has 3 heterocycles. The van der Waals surface area contributed by atoms with Gasteiger partial charge in [-0.1, -0.05) is 0 Å². The third-order valence-corrected chi connectivity index (χ3v) is 10.1. The molecule has 3 amide bonds. The number of thioether (sulfide) groups is 1. The normalized spacial score (nSPS) is 30.9. The van der Waals surface area contributed by atoms with E-state index in [1.807, 2.05) is 24.3 Å².